The van der Waals surface area contributed by atoms with Crippen LogP contribution in [-0.2, 0) is 0 Å². The molecular formula is C10H9BrFNO3S. The Bertz CT molecular complexity index is 467. The second-order valence-corrected chi connectivity index (χ2v) is 4.36. The molecule has 0 saturated heterocycles. The van der Waals surface area contributed by atoms with Crippen molar-refractivity contribution in [3.63, 3.8) is 0 Å². The average Bonchev–Trinajstić information content (AvgIpc) is 2.26. The van der Waals surface area contributed by atoms with Crippen LogP contribution in [-0.4, -0.2) is 17.3 Å². The minimum Gasteiger partial charge on any atom is -0.481 e. The molecule has 4 nitrogen and oxygen atoms in total. The van der Waals surface area contributed by atoms with Crippen molar-refractivity contribution >= 4 is 34.2 Å². The standard InChI is InChI=1S/C10H9BrFNO3S/c1-6(5-17)4-16-10-8(11)2-7(12)3-9(10)13(14)15/h2-3,17H,1,4-5H2. The van der Waals surface area contributed by atoms with E-state index in [1.54, 1.807) is 0 Å². The molecule has 0 radical (unpaired) electrons. The molecule has 0 saturated carbocycles. The minimum absolute atomic E-state index is 0.0145. The van der Waals surface area contributed by atoms with Crippen molar-refractivity contribution in [2.45, 2.75) is 0 Å². The zero-order valence-electron chi connectivity index (χ0n) is 8.65. The van der Waals surface area contributed by atoms with E-state index in [0.717, 1.165) is 12.1 Å². The molecule has 1 aromatic carbocycles. The lowest BCUT2D eigenvalue weighted by atomic mass is 10.3. The minimum atomic E-state index is -0.705. The zero-order valence-corrected chi connectivity index (χ0v) is 11.1. The number of thiol groups is 1. The normalized spacial score (nSPS) is 10.1. The monoisotopic (exact) mass is 321 g/mol. The highest BCUT2D eigenvalue weighted by Crippen LogP contribution is 2.36. The molecule has 0 atom stereocenters. The number of hydrogen-bond donors (Lipinski definition) is 1. The van der Waals surface area contributed by atoms with Crippen LogP contribution in [0.1, 0.15) is 0 Å². The number of halogens is 2. The van der Waals surface area contributed by atoms with Crippen LogP contribution in [0.4, 0.5) is 10.1 Å². The molecule has 0 aromatic heterocycles. The van der Waals surface area contributed by atoms with Gasteiger partial charge in [-0.25, -0.2) is 4.39 Å². The van der Waals surface area contributed by atoms with Crippen molar-refractivity contribution in [3.8, 4) is 5.75 Å². The maximum Gasteiger partial charge on any atom is 0.315 e. The third-order valence-corrected chi connectivity index (χ3v) is 2.87. The molecule has 17 heavy (non-hydrogen) atoms. The molecule has 0 aliphatic rings. The van der Waals surface area contributed by atoms with E-state index in [2.05, 4.69) is 35.1 Å². The first-order valence-electron chi connectivity index (χ1n) is 4.49. The Morgan fingerprint density at radius 1 is 1.65 bits per heavy atom. The fourth-order valence-electron chi connectivity index (χ4n) is 1.05. The third kappa shape index (κ3) is 3.71. The summed E-state index contributed by atoms with van der Waals surface area (Å²) < 4.78 is 18.4. The van der Waals surface area contributed by atoms with E-state index in [1.165, 1.54) is 0 Å². The Hall–Kier alpha value is -1.08. The molecule has 0 N–H and O–H groups in total. The molecule has 0 amide bonds. The lowest BCUT2D eigenvalue weighted by Gasteiger charge is -2.09. The van der Waals surface area contributed by atoms with Gasteiger partial charge in [-0.3, -0.25) is 10.1 Å². The molecule has 0 aliphatic heterocycles. The lowest BCUT2D eigenvalue weighted by molar-refractivity contribution is -0.386. The first-order valence-corrected chi connectivity index (χ1v) is 5.92. The van der Waals surface area contributed by atoms with Gasteiger partial charge in [0.15, 0.2) is 0 Å². The Kier molecular flexibility index (Phi) is 4.95. The van der Waals surface area contributed by atoms with Gasteiger partial charge in [0.05, 0.1) is 15.5 Å². The van der Waals surface area contributed by atoms with Gasteiger partial charge in [-0.1, -0.05) is 6.58 Å². The van der Waals surface area contributed by atoms with Crippen LogP contribution in [0.25, 0.3) is 0 Å². The van der Waals surface area contributed by atoms with Crippen LogP contribution < -0.4 is 4.74 Å². The fourth-order valence-corrected chi connectivity index (χ4v) is 1.67. The molecular weight excluding hydrogens is 313 g/mol. The van der Waals surface area contributed by atoms with Crippen molar-refractivity contribution in [2.75, 3.05) is 12.4 Å². The molecule has 1 rings (SSSR count). The summed E-state index contributed by atoms with van der Waals surface area (Å²) in [6, 6.07) is 1.91. The summed E-state index contributed by atoms with van der Waals surface area (Å²) in [6.07, 6.45) is 0. The largest absolute Gasteiger partial charge is 0.481 e. The second kappa shape index (κ2) is 6.02. The van der Waals surface area contributed by atoms with Gasteiger partial charge in [0.25, 0.3) is 0 Å². The van der Waals surface area contributed by atoms with Crippen LogP contribution in [0.3, 0.4) is 0 Å². The zero-order chi connectivity index (χ0) is 13.0. The van der Waals surface area contributed by atoms with Crippen LogP contribution in [0.2, 0.25) is 0 Å². The Labute approximate surface area is 111 Å². The summed E-state index contributed by atoms with van der Waals surface area (Å²) in [5.41, 5.74) is 0.239. The smallest absolute Gasteiger partial charge is 0.315 e. The summed E-state index contributed by atoms with van der Waals surface area (Å²) >= 11 is 7.01. The van der Waals surface area contributed by atoms with E-state index in [9.17, 15) is 14.5 Å². The molecule has 92 valence electrons. The molecule has 0 aliphatic carbocycles. The van der Waals surface area contributed by atoms with Gasteiger partial charge in [0.2, 0.25) is 5.75 Å². The molecule has 7 heteroatoms. The van der Waals surface area contributed by atoms with E-state index >= 15 is 0 Å². The van der Waals surface area contributed by atoms with Crippen LogP contribution in [0, 0.1) is 15.9 Å². The quantitative estimate of drug-likeness (QED) is 0.391. The number of hydrogen-bond acceptors (Lipinski definition) is 4. The van der Waals surface area contributed by atoms with Gasteiger partial charge in [-0.15, -0.1) is 0 Å². The van der Waals surface area contributed by atoms with Gasteiger partial charge in [-0.05, 0) is 27.6 Å². The van der Waals surface area contributed by atoms with Crippen molar-refractivity contribution < 1.29 is 14.1 Å². The lowest BCUT2D eigenvalue weighted by Crippen LogP contribution is -2.04. The van der Waals surface area contributed by atoms with Gasteiger partial charge < -0.3 is 4.74 Å². The molecule has 0 bridgehead atoms. The highest BCUT2D eigenvalue weighted by atomic mass is 79.9. The van der Waals surface area contributed by atoms with Crippen molar-refractivity contribution in [1.29, 1.82) is 0 Å². The summed E-state index contributed by atoms with van der Waals surface area (Å²) in [5, 5.41) is 10.7. The maximum atomic E-state index is 13.0. The van der Waals surface area contributed by atoms with Gasteiger partial charge in [0, 0.05) is 5.75 Å². The Balaban J connectivity index is 3.04. The molecule has 0 unspecified atom stereocenters. The third-order valence-electron chi connectivity index (χ3n) is 1.83. The summed E-state index contributed by atoms with van der Waals surface area (Å²) in [5.74, 6) is -0.310. The summed E-state index contributed by atoms with van der Waals surface area (Å²) in [7, 11) is 0. The first kappa shape index (κ1) is 14.0. The SMILES string of the molecule is C=C(CS)COc1c(Br)cc(F)cc1[N+](=O)[O-]. The number of nitrogens with zero attached hydrogens (tertiary/aromatic N) is 1. The maximum absolute atomic E-state index is 13.0. The fraction of sp³-hybridized carbons (Fsp3) is 0.200. The summed E-state index contributed by atoms with van der Waals surface area (Å²) in [4.78, 5) is 10.0. The Morgan fingerprint density at radius 2 is 2.29 bits per heavy atom. The number of nitro benzene ring substituents is 1. The van der Waals surface area contributed by atoms with Crippen LogP contribution in [0.15, 0.2) is 28.8 Å². The van der Waals surface area contributed by atoms with Gasteiger partial charge >= 0.3 is 5.69 Å². The molecule has 1 aromatic rings. The van der Waals surface area contributed by atoms with E-state index in [4.69, 9.17) is 4.74 Å². The van der Waals surface area contributed by atoms with E-state index in [1.807, 2.05) is 0 Å². The number of ether oxygens (including phenoxy) is 1. The highest BCUT2D eigenvalue weighted by Gasteiger charge is 2.20. The molecule has 0 heterocycles. The number of benzene rings is 1. The molecule has 0 fully saturated rings. The van der Waals surface area contributed by atoms with Gasteiger partial charge in [-0.2, -0.15) is 12.6 Å². The van der Waals surface area contributed by atoms with Crippen LogP contribution >= 0.6 is 28.6 Å². The number of nitro groups is 1. The average molecular weight is 322 g/mol. The predicted octanol–water partition coefficient (Wildman–Crippen LogP) is 3.36. The predicted molar refractivity (Wildman–Crippen MR) is 69.2 cm³/mol. The first-order chi connectivity index (χ1) is 7.95. The van der Waals surface area contributed by atoms with E-state index in [0.29, 0.717) is 11.3 Å². The highest BCUT2D eigenvalue weighted by molar-refractivity contribution is 9.10. The summed E-state index contributed by atoms with van der Waals surface area (Å²) in [6.45, 7) is 3.74. The van der Waals surface area contributed by atoms with E-state index in [-0.39, 0.29) is 16.8 Å². The number of rotatable bonds is 5. The van der Waals surface area contributed by atoms with Gasteiger partial charge in [0.1, 0.15) is 12.4 Å². The van der Waals surface area contributed by atoms with Crippen LogP contribution in [0.5, 0.6) is 5.75 Å². The van der Waals surface area contributed by atoms with E-state index < -0.39 is 16.4 Å². The second-order valence-electron chi connectivity index (χ2n) is 3.19. The topological polar surface area (TPSA) is 52.4 Å². The van der Waals surface area contributed by atoms with Crippen molar-refractivity contribution in [2.24, 2.45) is 0 Å². The Morgan fingerprint density at radius 3 is 2.82 bits per heavy atom. The van der Waals surface area contributed by atoms with Crippen molar-refractivity contribution in [3.05, 3.63) is 44.7 Å². The molecule has 0 spiro atoms. The van der Waals surface area contributed by atoms with Crippen molar-refractivity contribution in [1.82, 2.24) is 0 Å².